The zero-order valence-electron chi connectivity index (χ0n) is 8.56. The second-order valence-electron chi connectivity index (χ2n) is 3.51. The fraction of sp³-hybridized carbons (Fsp3) is 0.500. The lowest BCUT2D eigenvalue weighted by Gasteiger charge is -2.17. The number of amides is 1. The van der Waals surface area contributed by atoms with Gasteiger partial charge in [-0.2, -0.15) is 0 Å². The SMILES string of the molecule is CC(N)CC(=O)N(C)Cc1cccs1. The molecule has 0 saturated carbocycles. The molecule has 1 rings (SSSR count). The van der Waals surface area contributed by atoms with E-state index in [1.165, 1.54) is 4.88 Å². The molecule has 1 amide bonds. The molecule has 0 aromatic carbocycles. The van der Waals surface area contributed by atoms with Gasteiger partial charge in [0.2, 0.25) is 5.91 Å². The van der Waals surface area contributed by atoms with E-state index in [1.807, 2.05) is 31.5 Å². The van der Waals surface area contributed by atoms with Crippen molar-refractivity contribution >= 4 is 17.2 Å². The van der Waals surface area contributed by atoms with Gasteiger partial charge in [0.1, 0.15) is 0 Å². The molecule has 0 aliphatic carbocycles. The smallest absolute Gasteiger partial charge is 0.224 e. The number of nitrogens with two attached hydrogens (primary N) is 1. The van der Waals surface area contributed by atoms with Gasteiger partial charge >= 0.3 is 0 Å². The molecule has 78 valence electrons. The Morgan fingerprint density at radius 3 is 2.93 bits per heavy atom. The molecule has 1 aromatic heterocycles. The van der Waals surface area contributed by atoms with Gasteiger partial charge in [0.05, 0.1) is 6.54 Å². The Labute approximate surface area is 88.5 Å². The molecule has 0 saturated heterocycles. The van der Waals surface area contributed by atoms with Crippen LogP contribution in [0.15, 0.2) is 17.5 Å². The van der Waals surface area contributed by atoms with Crippen molar-refractivity contribution in [3.63, 3.8) is 0 Å². The highest BCUT2D eigenvalue weighted by Gasteiger charge is 2.11. The molecule has 2 N–H and O–H groups in total. The number of thiophene rings is 1. The highest BCUT2D eigenvalue weighted by atomic mass is 32.1. The monoisotopic (exact) mass is 212 g/mol. The minimum absolute atomic E-state index is 0.0618. The van der Waals surface area contributed by atoms with E-state index in [0.717, 1.165) is 0 Å². The lowest BCUT2D eigenvalue weighted by atomic mass is 10.2. The van der Waals surface area contributed by atoms with Gasteiger partial charge in [-0.25, -0.2) is 0 Å². The molecule has 3 nitrogen and oxygen atoms in total. The fourth-order valence-electron chi connectivity index (χ4n) is 1.16. The molecular formula is C10H16N2OS. The maximum Gasteiger partial charge on any atom is 0.224 e. The number of hydrogen-bond acceptors (Lipinski definition) is 3. The molecular weight excluding hydrogens is 196 g/mol. The van der Waals surface area contributed by atoms with Crippen molar-refractivity contribution in [2.45, 2.75) is 25.9 Å². The van der Waals surface area contributed by atoms with Crippen LogP contribution in [0.5, 0.6) is 0 Å². The average Bonchev–Trinajstić information content (AvgIpc) is 2.55. The predicted octanol–water partition coefficient (Wildman–Crippen LogP) is 1.44. The Morgan fingerprint density at radius 2 is 2.43 bits per heavy atom. The van der Waals surface area contributed by atoms with E-state index < -0.39 is 0 Å². The molecule has 1 heterocycles. The minimum Gasteiger partial charge on any atom is -0.341 e. The first-order valence-electron chi connectivity index (χ1n) is 4.61. The number of rotatable bonds is 4. The fourth-order valence-corrected chi connectivity index (χ4v) is 1.91. The topological polar surface area (TPSA) is 46.3 Å². The first-order chi connectivity index (χ1) is 6.59. The Bertz CT molecular complexity index is 282. The van der Waals surface area contributed by atoms with Crippen LogP contribution in [0.3, 0.4) is 0 Å². The summed E-state index contributed by atoms with van der Waals surface area (Å²) in [6.07, 6.45) is 0.419. The highest BCUT2D eigenvalue weighted by Crippen LogP contribution is 2.11. The number of carbonyl (C=O) groups is 1. The van der Waals surface area contributed by atoms with Gasteiger partial charge in [-0.3, -0.25) is 4.79 Å². The molecule has 0 fully saturated rings. The molecule has 0 bridgehead atoms. The summed E-state index contributed by atoms with van der Waals surface area (Å²) in [7, 11) is 1.81. The van der Waals surface area contributed by atoms with Gasteiger partial charge in [-0.15, -0.1) is 11.3 Å². The van der Waals surface area contributed by atoms with E-state index in [4.69, 9.17) is 5.73 Å². The molecule has 1 atom stereocenters. The van der Waals surface area contributed by atoms with E-state index in [9.17, 15) is 4.79 Å². The third kappa shape index (κ3) is 3.47. The van der Waals surface area contributed by atoms with E-state index in [1.54, 1.807) is 16.2 Å². The number of hydrogen-bond donors (Lipinski definition) is 1. The van der Waals surface area contributed by atoms with Crippen LogP contribution in [0.25, 0.3) is 0 Å². The summed E-state index contributed by atoms with van der Waals surface area (Å²) in [6, 6.07) is 3.96. The van der Waals surface area contributed by atoms with Crippen molar-refractivity contribution in [3.8, 4) is 0 Å². The van der Waals surface area contributed by atoms with Gasteiger partial charge in [0, 0.05) is 24.4 Å². The minimum atomic E-state index is -0.0618. The van der Waals surface area contributed by atoms with E-state index in [2.05, 4.69) is 0 Å². The van der Waals surface area contributed by atoms with E-state index in [-0.39, 0.29) is 11.9 Å². The maximum atomic E-state index is 11.5. The van der Waals surface area contributed by atoms with Gasteiger partial charge in [0.25, 0.3) is 0 Å². The van der Waals surface area contributed by atoms with Crippen molar-refractivity contribution in [2.75, 3.05) is 7.05 Å². The Hall–Kier alpha value is -0.870. The zero-order chi connectivity index (χ0) is 10.6. The quantitative estimate of drug-likeness (QED) is 0.821. The summed E-state index contributed by atoms with van der Waals surface area (Å²) in [5.74, 6) is 0.105. The average molecular weight is 212 g/mol. The van der Waals surface area contributed by atoms with Crippen LogP contribution >= 0.6 is 11.3 Å². The molecule has 1 unspecified atom stereocenters. The third-order valence-electron chi connectivity index (χ3n) is 1.90. The molecule has 0 aliphatic heterocycles. The van der Waals surface area contributed by atoms with Crippen molar-refractivity contribution < 1.29 is 4.79 Å². The standard InChI is InChI=1S/C10H16N2OS/c1-8(11)6-10(13)12(2)7-9-4-3-5-14-9/h3-5,8H,6-7,11H2,1-2H3. The number of nitrogens with zero attached hydrogens (tertiary/aromatic N) is 1. The van der Waals surface area contributed by atoms with Crippen LogP contribution in [0.1, 0.15) is 18.2 Å². The third-order valence-corrected chi connectivity index (χ3v) is 2.76. The van der Waals surface area contributed by atoms with E-state index >= 15 is 0 Å². The van der Waals surface area contributed by atoms with Crippen molar-refractivity contribution in [3.05, 3.63) is 22.4 Å². The summed E-state index contributed by atoms with van der Waals surface area (Å²) in [4.78, 5) is 14.4. The summed E-state index contributed by atoms with van der Waals surface area (Å²) < 4.78 is 0. The first-order valence-corrected chi connectivity index (χ1v) is 5.49. The molecule has 1 aromatic rings. The molecule has 0 spiro atoms. The van der Waals surface area contributed by atoms with Gasteiger partial charge in [-0.05, 0) is 18.4 Å². The van der Waals surface area contributed by atoms with Crippen LogP contribution in [-0.4, -0.2) is 23.9 Å². The normalized spacial score (nSPS) is 12.5. The molecule has 4 heteroatoms. The van der Waals surface area contributed by atoms with Crippen molar-refractivity contribution in [1.82, 2.24) is 4.90 Å². The zero-order valence-corrected chi connectivity index (χ0v) is 9.38. The second-order valence-corrected chi connectivity index (χ2v) is 4.54. The van der Waals surface area contributed by atoms with Crippen LogP contribution in [0.2, 0.25) is 0 Å². The van der Waals surface area contributed by atoms with Crippen LogP contribution in [0, 0.1) is 0 Å². The summed E-state index contributed by atoms with van der Waals surface area (Å²) in [6.45, 7) is 2.53. The molecule has 0 aliphatic rings. The summed E-state index contributed by atoms with van der Waals surface area (Å²) in [5.41, 5.74) is 5.56. The largest absolute Gasteiger partial charge is 0.341 e. The van der Waals surface area contributed by atoms with Gasteiger partial charge in [0.15, 0.2) is 0 Å². The van der Waals surface area contributed by atoms with Crippen LogP contribution in [0.4, 0.5) is 0 Å². The van der Waals surface area contributed by atoms with Crippen molar-refractivity contribution in [1.29, 1.82) is 0 Å². The molecule has 0 radical (unpaired) electrons. The molecule has 14 heavy (non-hydrogen) atoms. The lowest BCUT2D eigenvalue weighted by Crippen LogP contribution is -2.31. The Kier molecular flexibility index (Phi) is 4.10. The van der Waals surface area contributed by atoms with Crippen LogP contribution in [-0.2, 0) is 11.3 Å². The van der Waals surface area contributed by atoms with E-state index in [0.29, 0.717) is 13.0 Å². The van der Waals surface area contributed by atoms with Gasteiger partial charge < -0.3 is 10.6 Å². The second kappa shape index (κ2) is 5.12. The Morgan fingerprint density at radius 1 is 1.71 bits per heavy atom. The summed E-state index contributed by atoms with van der Waals surface area (Å²) in [5, 5.41) is 2.01. The maximum absolute atomic E-state index is 11.5. The van der Waals surface area contributed by atoms with Crippen molar-refractivity contribution in [2.24, 2.45) is 5.73 Å². The number of carbonyl (C=O) groups excluding carboxylic acids is 1. The Balaban J connectivity index is 2.42. The predicted molar refractivity (Wildman–Crippen MR) is 59.1 cm³/mol. The summed E-state index contributed by atoms with van der Waals surface area (Å²) >= 11 is 1.66. The van der Waals surface area contributed by atoms with Crippen LogP contribution < -0.4 is 5.73 Å². The highest BCUT2D eigenvalue weighted by molar-refractivity contribution is 7.09. The first kappa shape index (κ1) is 11.2. The lowest BCUT2D eigenvalue weighted by molar-refractivity contribution is -0.130. The van der Waals surface area contributed by atoms with Gasteiger partial charge in [-0.1, -0.05) is 6.07 Å².